The van der Waals surface area contributed by atoms with Gasteiger partial charge < -0.3 is 4.90 Å². The van der Waals surface area contributed by atoms with Gasteiger partial charge in [-0.3, -0.25) is 0 Å². The van der Waals surface area contributed by atoms with Gasteiger partial charge in [0.25, 0.3) is 0 Å². The first kappa shape index (κ1) is 38.7. The molecule has 0 N–H and O–H groups in total. The van der Waals surface area contributed by atoms with Crippen molar-refractivity contribution in [2.45, 2.75) is 24.7 Å². The van der Waals surface area contributed by atoms with Gasteiger partial charge in [-0.2, -0.15) is 0 Å². The lowest BCUT2D eigenvalue weighted by molar-refractivity contribution is 0.660. The summed E-state index contributed by atoms with van der Waals surface area (Å²) in [5.74, 6) is 0. The molecule has 0 spiro atoms. The van der Waals surface area contributed by atoms with Crippen molar-refractivity contribution in [3.8, 4) is 44.5 Å². The Morgan fingerprint density at radius 3 is 1.71 bits per heavy atom. The summed E-state index contributed by atoms with van der Waals surface area (Å²) >= 11 is 1.87. The first-order chi connectivity index (χ1) is 32.5. The second kappa shape index (κ2) is 14.9. The van der Waals surface area contributed by atoms with Crippen molar-refractivity contribution in [3.63, 3.8) is 0 Å². The zero-order valence-corrected chi connectivity index (χ0v) is 37.7. The standard InChI is InChI=1S/C64H45NS/c1-63(2)55-26-12-10-25-53(55)62-58(63)28-16-29-59(62)65(48-35-31-42(32-36-48)45-33-37-52-51-24-11-14-30-60(51)66-61(52)41-45)49-22-15-17-43(39-49)44-34-38-57-54(40-44)50-23-9-13-27-56(50)64(57,46-18-5-3-6-19-46)47-20-7-4-8-21-47/h3-41H,1-2H3. The highest BCUT2D eigenvalue weighted by molar-refractivity contribution is 7.25. The number of rotatable bonds is 7. The molecule has 11 aromatic rings. The molecule has 0 amide bonds. The lowest BCUT2D eigenvalue weighted by atomic mass is 9.67. The van der Waals surface area contributed by atoms with E-state index in [1.165, 1.54) is 104 Å². The zero-order valence-electron chi connectivity index (χ0n) is 36.9. The summed E-state index contributed by atoms with van der Waals surface area (Å²) < 4.78 is 2.65. The van der Waals surface area contributed by atoms with Crippen LogP contribution in [0.5, 0.6) is 0 Å². The molecule has 13 rings (SSSR count). The van der Waals surface area contributed by atoms with Crippen molar-refractivity contribution in [1.82, 2.24) is 0 Å². The predicted molar refractivity (Wildman–Crippen MR) is 280 cm³/mol. The average molecular weight is 860 g/mol. The molecule has 10 aromatic carbocycles. The SMILES string of the molecule is CC1(C)c2ccccc2-c2c(N(c3ccc(-c4ccc5c(c4)sc4ccccc45)cc3)c3cccc(-c4ccc5c(c4)-c4ccccc4C5(c4ccccc4)c4ccccc4)c3)cccc21. The van der Waals surface area contributed by atoms with Gasteiger partial charge in [-0.1, -0.05) is 202 Å². The summed E-state index contributed by atoms with van der Waals surface area (Å²) in [5, 5.41) is 2.65. The molecule has 0 atom stereocenters. The molecule has 1 nitrogen and oxygen atoms in total. The summed E-state index contributed by atoms with van der Waals surface area (Å²) in [6, 6.07) is 88.2. The lowest BCUT2D eigenvalue weighted by Gasteiger charge is -2.33. The normalized spacial score (nSPS) is 13.8. The van der Waals surface area contributed by atoms with Gasteiger partial charge in [0.05, 0.1) is 11.1 Å². The third-order valence-corrected chi connectivity index (χ3v) is 15.7. The van der Waals surface area contributed by atoms with E-state index < -0.39 is 5.41 Å². The van der Waals surface area contributed by atoms with Crippen LogP contribution in [-0.2, 0) is 10.8 Å². The second-order valence-corrected chi connectivity index (χ2v) is 19.5. The minimum Gasteiger partial charge on any atom is -0.310 e. The Kier molecular flexibility index (Phi) is 8.72. The fourth-order valence-corrected chi connectivity index (χ4v) is 12.7. The molecular formula is C64H45NS. The number of thiophene rings is 1. The van der Waals surface area contributed by atoms with E-state index in [9.17, 15) is 0 Å². The van der Waals surface area contributed by atoms with Crippen molar-refractivity contribution < 1.29 is 0 Å². The number of benzene rings is 10. The van der Waals surface area contributed by atoms with Crippen LogP contribution in [0.15, 0.2) is 237 Å². The van der Waals surface area contributed by atoms with Crippen LogP contribution in [-0.4, -0.2) is 0 Å². The average Bonchev–Trinajstić information content (AvgIpc) is 3.98. The minimum atomic E-state index is -0.431. The number of hydrogen-bond donors (Lipinski definition) is 0. The van der Waals surface area contributed by atoms with Crippen molar-refractivity contribution in [3.05, 3.63) is 270 Å². The van der Waals surface area contributed by atoms with E-state index in [2.05, 4.69) is 255 Å². The van der Waals surface area contributed by atoms with Crippen LogP contribution in [0.2, 0.25) is 0 Å². The molecular weight excluding hydrogens is 815 g/mol. The first-order valence-corrected chi connectivity index (χ1v) is 23.8. The minimum absolute atomic E-state index is 0.125. The summed E-state index contributed by atoms with van der Waals surface area (Å²) in [7, 11) is 0. The Labute approximate surface area is 390 Å². The quantitative estimate of drug-likeness (QED) is 0.154. The van der Waals surface area contributed by atoms with E-state index in [4.69, 9.17) is 0 Å². The summed E-state index contributed by atoms with van der Waals surface area (Å²) in [4.78, 5) is 2.48. The van der Waals surface area contributed by atoms with E-state index >= 15 is 0 Å². The molecule has 0 saturated carbocycles. The molecule has 2 heteroatoms. The third-order valence-electron chi connectivity index (χ3n) is 14.6. The summed E-state index contributed by atoms with van der Waals surface area (Å²) in [6.07, 6.45) is 0. The Hall–Kier alpha value is -7.78. The Balaban J connectivity index is 0.964. The molecule has 0 fully saturated rings. The van der Waals surface area contributed by atoms with E-state index in [0.717, 1.165) is 11.4 Å². The maximum Gasteiger partial charge on any atom is 0.0713 e. The molecule has 0 aliphatic heterocycles. The van der Waals surface area contributed by atoms with Crippen molar-refractivity contribution in [2.75, 3.05) is 4.90 Å². The largest absolute Gasteiger partial charge is 0.310 e. The maximum absolute atomic E-state index is 2.48. The molecule has 2 aliphatic carbocycles. The van der Waals surface area contributed by atoms with E-state index in [1.54, 1.807) is 0 Å². The Morgan fingerprint density at radius 2 is 0.924 bits per heavy atom. The van der Waals surface area contributed by atoms with Crippen molar-refractivity contribution >= 4 is 48.6 Å². The van der Waals surface area contributed by atoms with Crippen molar-refractivity contribution in [2.24, 2.45) is 0 Å². The van der Waals surface area contributed by atoms with Gasteiger partial charge in [0.1, 0.15) is 0 Å². The fourth-order valence-electron chi connectivity index (χ4n) is 11.5. The molecule has 1 aromatic heterocycles. The van der Waals surface area contributed by atoms with Gasteiger partial charge in [0.2, 0.25) is 0 Å². The highest BCUT2D eigenvalue weighted by Gasteiger charge is 2.46. The van der Waals surface area contributed by atoms with Crippen LogP contribution in [0.4, 0.5) is 17.1 Å². The number of fused-ring (bicyclic) bond motifs is 9. The molecule has 66 heavy (non-hydrogen) atoms. The molecule has 0 unspecified atom stereocenters. The van der Waals surface area contributed by atoms with E-state index in [-0.39, 0.29) is 5.41 Å². The van der Waals surface area contributed by atoms with E-state index in [0.29, 0.717) is 0 Å². The van der Waals surface area contributed by atoms with E-state index in [1.807, 2.05) is 11.3 Å². The van der Waals surface area contributed by atoms with Crippen LogP contribution in [0.1, 0.15) is 47.2 Å². The van der Waals surface area contributed by atoms with Crippen LogP contribution < -0.4 is 4.90 Å². The molecule has 312 valence electrons. The van der Waals surface area contributed by atoms with Gasteiger partial charge in [0.15, 0.2) is 0 Å². The smallest absolute Gasteiger partial charge is 0.0713 e. The van der Waals surface area contributed by atoms with Gasteiger partial charge in [0, 0.05) is 42.5 Å². The van der Waals surface area contributed by atoms with Crippen LogP contribution in [0, 0.1) is 0 Å². The lowest BCUT2D eigenvalue weighted by Crippen LogP contribution is -2.28. The third kappa shape index (κ3) is 5.71. The number of nitrogens with zero attached hydrogens (tertiary/aromatic N) is 1. The highest BCUT2D eigenvalue weighted by atomic mass is 32.1. The molecule has 0 bridgehead atoms. The van der Waals surface area contributed by atoms with Gasteiger partial charge in [-0.15, -0.1) is 11.3 Å². The monoisotopic (exact) mass is 859 g/mol. The van der Waals surface area contributed by atoms with Gasteiger partial charge in [-0.05, 0) is 121 Å². The Morgan fingerprint density at radius 1 is 0.348 bits per heavy atom. The summed E-state index contributed by atoms with van der Waals surface area (Å²) in [6.45, 7) is 4.73. The second-order valence-electron chi connectivity index (χ2n) is 18.4. The maximum atomic E-state index is 2.48. The topological polar surface area (TPSA) is 3.24 Å². The fraction of sp³-hybridized carbons (Fsp3) is 0.0625. The molecule has 0 saturated heterocycles. The number of hydrogen-bond acceptors (Lipinski definition) is 2. The first-order valence-electron chi connectivity index (χ1n) is 23.0. The summed E-state index contributed by atoms with van der Waals surface area (Å²) in [5.41, 5.74) is 20.8. The Bertz CT molecular complexity index is 3630. The number of anilines is 3. The molecule has 1 heterocycles. The molecule has 0 radical (unpaired) electrons. The van der Waals surface area contributed by atoms with Gasteiger partial charge in [-0.25, -0.2) is 0 Å². The predicted octanol–water partition coefficient (Wildman–Crippen LogP) is 17.5. The van der Waals surface area contributed by atoms with Crippen LogP contribution >= 0.6 is 11.3 Å². The highest BCUT2D eigenvalue weighted by Crippen LogP contribution is 2.58. The van der Waals surface area contributed by atoms with Crippen molar-refractivity contribution in [1.29, 1.82) is 0 Å². The zero-order chi connectivity index (χ0) is 44.0. The van der Waals surface area contributed by atoms with Gasteiger partial charge >= 0.3 is 0 Å². The molecule has 2 aliphatic rings. The van der Waals surface area contributed by atoms with Crippen LogP contribution in [0.25, 0.3) is 64.7 Å². The van der Waals surface area contributed by atoms with Crippen LogP contribution in [0.3, 0.4) is 0 Å².